The summed E-state index contributed by atoms with van der Waals surface area (Å²) in [4.78, 5) is 53.2. The van der Waals surface area contributed by atoms with E-state index in [2.05, 4.69) is 18.5 Å². The molecule has 4 unspecified atom stereocenters. The van der Waals surface area contributed by atoms with Gasteiger partial charge in [-0.2, -0.15) is 0 Å². The molecule has 39 heavy (non-hydrogen) atoms. The van der Waals surface area contributed by atoms with E-state index in [4.69, 9.17) is 9.47 Å². The van der Waals surface area contributed by atoms with Gasteiger partial charge >= 0.3 is 17.9 Å². The van der Waals surface area contributed by atoms with Gasteiger partial charge in [0.15, 0.2) is 11.2 Å². The Balaban J connectivity index is 1.92. The third kappa shape index (κ3) is 3.67. The van der Waals surface area contributed by atoms with Crippen LogP contribution in [0.5, 0.6) is 0 Å². The van der Waals surface area contributed by atoms with Crippen molar-refractivity contribution in [3.63, 3.8) is 0 Å². The Labute approximate surface area is 224 Å². The molecule has 3 aromatic carbocycles. The second kappa shape index (κ2) is 9.40. The van der Waals surface area contributed by atoms with Crippen LogP contribution < -0.4 is 5.32 Å². The number of fused-ring (bicyclic) bond motifs is 1. The summed E-state index contributed by atoms with van der Waals surface area (Å²) in [6.45, 7) is 8.81. The molecular formula is C31H25NO7. The predicted octanol–water partition coefficient (Wildman–Crippen LogP) is 4.22. The lowest BCUT2D eigenvalue weighted by molar-refractivity contribution is -0.199. The zero-order valence-corrected chi connectivity index (χ0v) is 21.0. The molecule has 0 fully saturated rings. The number of amides is 1. The zero-order valence-electron chi connectivity index (χ0n) is 21.0. The molecule has 0 saturated heterocycles. The monoisotopic (exact) mass is 523 g/mol. The van der Waals surface area contributed by atoms with Gasteiger partial charge in [-0.25, -0.2) is 9.59 Å². The van der Waals surface area contributed by atoms with Crippen molar-refractivity contribution in [1.82, 2.24) is 0 Å². The predicted molar refractivity (Wildman–Crippen MR) is 141 cm³/mol. The number of aryl methyl sites for hydroxylation is 1. The van der Waals surface area contributed by atoms with Crippen LogP contribution in [0.25, 0.3) is 0 Å². The summed E-state index contributed by atoms with van der Waals surface area (Å²) < 4.78 is 12.1. The molecule has 0 radical (unpaired) electrons. The van der Waals surface area contributed by atoms with Crippen molar-refractivity contribution in [2.24, 2.45) is 11.8 Å². The van der Waals surface area contributed by atoms with Crippen molar-refractivity contribution in [3.05, 3.63) is 126 Å². The summed E-state index contributed by atoms with van der Waals surface area (Å²) >= 11 is 0. The molecule has 8 nitrogen and oxygen atoms in total. The average Bonchev–Trinajstić information content (AvgIpc) is 2.93. The number of benzene rings is 3. The van der Waals surface area contributed by atoms with E-state index in [9.17, 15) is 24.3 Å². The van der Waals surface area contributed by atoms with Gasteiger partial charge in [-0.3, -0.25) is 9.59 Å². The van der Waals surface area contributed by atoms with Crippen LogP contribution in [0.4, 0.5) is 5.69 Å². The summed E-state index contributed by atoms with van der Waals surface area (Å²) in [5.41, 5.74) is -1.38. The highest BCUT2D eigenvalue weighted by molar-refractivity contribution is 6.00. The van der Waals surface area contributed by atoms with Crippen LogP contribution in [0.1, 0.15) is 27.8 Å². The van der Waals surface area contributed by atoms with Crippen LogP contribution >= 0.6 is 0 Å². The van der Waals surface area contributed by atoms with E-state index in [0.29, 0.717) is 27.9 Å². The molecule has 4 atom stereocenters. The summed E-state index contributed by atoms with van der Waals surface area (Å²) in [5, 5.41) is 13.5. The van der Waals surface area contributed by atoms with Gasteiger partial charge in [-0.05, 0) is 19.1 Å². The fourth-order valence-corrected chi connectivity index (χ4v) is 5.99. The van der Waals surface area contributed by atoms with E-state index in [1.54, 1.807) is 79.7 Å². The van der Waals surface area contributed by atoms with Crippen LogP contribution in [-0.2, 0) is 39.9 Å². The quantitative estimate of drug-likeness (QED) is 0.352. The van der Waals surface area contributed by atoms with Gasteiger partial charge in [-0.1, -0.05) is 79.4 Å². The molecule has 1 amide bonds. The lowest BCUT2D eigenvalue weighted by Crippen LogP contribution is -2.67. The molecule has 3 aliphatic rings. The van der Waals surface area contributed by atoms with Crippen LogP contribution in [0.15, 0.2) is 98.1 Å². The Morgan fingerprint density at radius 1 is 0.769 bits per heavy atom. The number of aliphatic carboxylic acids is 1. The van der Waals surface area contributed by atoms with Crippen LogP contribution in [0.3, 0.4) is 0 Å². The smallest absolute Gasteiger partial charge is 0.331 e. The minimum absolute atomic E-state index is 0.298. The molecule has 0 heterocycles. The minimum atomic E-state index is -1.93. The minimum Gasteiger partial charge on any atom is -0.481 e. The Kier molecular flexibility index (Phi) is 6.18. The summed E-state index contributed by atoms with van der Waals surface area (Å²) in [6.07, 6.45) is 1.90. The average molecular weight is 524 g/mol. The standard InChI is InChI=1S/C31H25NO7/c1-4-24(33)38-30-20-13-9-10-14-21(20)31(39-25(34)5-2,23-17-18(3)15-16-22(23)30)27(29(36)37)26(30)28(35)32-19-11-7-6-8-12-19/h4-17,26-27H,1-2H2,3H3,(H,32,35)(H,36,37). The molecule has 3 aliphatic carbocycles. The Morgan fingerprint density at radius 2 is 1.28 bits per heavy atom. The number of esters is 2. The fraction of sp³-hybridized carbons (Fsp3) is 0.161. The number of hydrogen-bond donors (Lipinski definition) is 2. The van der Waals surface area contributed by atoms with Crippen molar-refractivity contribution in [2.45, 2.75) is 18.1 Å². The highest BCUT2D eigenvalue weighted by Crippen LogP contribution is 2.65. The maximum absolute atomic E-state index is 14.2. The van der Waals surface area contributed by atoms with Crippen molar-refractivity contribution < 1.29 is 33.8 Å². The number of rotatable bonds is 7. The first-order chi connectivity index (χ1) is 18.7. The number of carboxylic acids is 1. The van der Waals surface area contributed by atoms with E-state index in [1.807, 2.05) is 0 Å². The van der Waals surface area contributed by atoms with Crippen molar-refractivity contribution in [3.8, 4) is 0 Å². The zero-order chi connectivity index (χ0) is 27.9. The number of nitrogens with one attached hydrogen (secondary N) is 1. The summed E-state index contributed by atoms with van der Waals surface area (Å²) in [6, 6.07) is 20.2. The molecule has 3 aromatic rings. The largest absolute Gasteiger partial charge is 0.481 e. The number of anilines is 1. The van der Waals surface area contributed by atoms with Gasteiger partial charge in [0, 0.05) is 40.1 Å². The second-order valence-corrected chi connectivity index (χ2v) is 9.47. The van der Waals surface area contributed by atoms with E-state index in [1.165, 1.54) is 0 Å². The number of carbonyl (C=O) groups is 4. The lowest BCUT2D eigenvalue weighted by atomic mass is 9.49. The first kappa shape index (κ1) is 25.7. The van der Waals surface area contributed by atoms with Crippen LogP contribution in [0, 0.1) is 18.8 Å². The number of carboxylic acid groups (broad SMARTS) is 1. The molecule has 0 saturated carbocycles. The fourth-order valence-electron chi connectivity index (χ4n) is 5.99. The number of carbonyl (C=O) groups excluding carboxylic acids is 3. The highest BCUT2D eigenvalue weighted by atomic mass is 16.6. The van der Waals surface area contributed by atoms with Gasteiger partial charge in [-0.15, -0.1) is 0 Å². The molecule has 6 rings (SSSR count). The van der Waals surface area contributed by atoms with Crippen LogP contribution in [-0.4, -0.2) is 28.9 Å². The summed E-state index contributed by atoms with van der Waals surface area (Å²) in [5.74, 6) is -7.11. The molecule has 0 aromatic heterocycles. The van der Waals surface area contributed by atoms with Crippen molar-refractivity contribution in [2.75, 3.05) is 5.32 Å². The summed E-state index contributed by atoms with van der Waals surface area (Å²) in [7, 11) is 0. The number of ether oxygens (including phenoxy) is 2. The molecule has 196 valence electrons. The van der Waals surface area contributed by atoms with E-state index in [0.717, 1.165) is 17.7 Å². The maximum Gasteiger partial charge on any atom is 0.331 e. The lowest BCUT2D eigenvalue weighted by Gasteiger charge is -2.59. The van der Waals surface area contributed by atoms with Gasteiger partial charge < -0.3 is 19.9 Å². The third-order valence-corrected chi connectivity index (χ3v) is 7.36. The molecule has 2 bridgehead atoms. The number of hydrogen-bond acceptors (Lipinski definition) is 6. The number of para-hydroxylation sites is 1. The SMILES string of the molecule is C=CC(=O)OC12c3ccccc3C(OC(=O)C=C)(c3ccc(C)cc31)C(C(=O)Nc1ccccc1)C2C(=O)O. The van der Waals surface area contributed by atoms with E-state index < -0.39 is 46.9 Å². The van der Waals surface area contributed by atoms with Crippen LogP contribution in [0.2, 0.25) is 0 Å². The highest BCUT2D eigenvalue weighted by Gasteiger charge is 2.73. The second-order valence-electron chi connectivity index (χ2n) is 9.47. The van der Waals surface area contributed by atoms with Gasteiger partial charge in [0.25, 0.3) is 0 Å². The van der Waals surface area contributed by atoms with E-state index in [-0.39, 0.29) is 0 Å². The Hall–Kier alpha value is -4.98. The topological polar surface area (TPSA) is 119 Å². The van der Waals surface area contributed by atoms with Gasteiger partial charge in [0.2, 0.25) is 5.91 Å². The van der Waals surface area contributed by atoms with Crippen molar-refractivity contribution >= 4 is 29.5 Å². The first-order valence-electron chi connectivity index (χ1n) is 12.2. The third-order valence-electron chi connectivity index (χ3n) is 7.36. The Morgan fingerprint density at radius 3 is 1.82 bits per heavy atom. The van der Waals surface area contributed by atoms with E-state index >= 15 is 0 Å². The van der Waals surface area contributed by atoms with Gasteiger partial charge in [0.1, 0.15) is 11.8 Å². The van der Waals surface area contributed by atoms with Crippen molar-refractivity contribution in [1.29, 1.82) is 0 Å². The normalized spacial score (nSPS) is 23.9. The molecular weight excluding hydrogens is 498 g/mol. The molecule has 2 N–H and O–H groups in total. The molecule has 0 spiro atoms. The first-order valence-corrected chi connectivity index (χ1v) is 12.2. The molecule has 0 aliphatic heterocycles. The maximum atomic E-state index is 14.2. The molecule has 8 heteroatoms. The van der Waals surface area contributed by atoms with Gasteiger partial charge in [0.05, 0.1) is 0 Å². The Bertz CT molecular complexity index is 1550.